The molecule has 0 fully saturated rings. The van der Waals surface area contributed by atoms with Crippen LogP contribution in [0.1, 0.15) is 60.8 Å². The summed E-state index contributed by atoms with van der Waals surface area (Å²) >= 11 is 0. The zero-order valence-corrected chi connectivity index (χ0v) is 10.6. The summed E-state index contributed by atoms with van der Waals surface area (Å²) in [5.74, 6) is 0.517. The van der Waals surface area contributed by atoms with Crippen molar-refractivity contribution in [2.24, 2.45) is 5.92 Å². The van der Waals surface area contributed by atoms with Gasteiger partial charge in [0, 0.05) is 0 Å². The molecule has 86 valence electrons. The minimum absolute atomic E-state index is 0.209. The maximum absolute atomic E-state index is 5.47. The highest BCUT2D eigenvalue weighted by atomic mass is 17.2. The normalized spacial score (nSPS) is 14.8. The highest BCUT2D eigenvalue weighted by molar-refractivity contribution is 4.62. The molecule has 0 aromatic carbocycles. The van der Waals surface area contributed by atoms with Crippen LogP contribution in [0.25, 0.3) is 0 Å². The summed E-state index contributed by atoms with van der Waals surface area (Å²) in [5.41, 5.74) is -0.209. The fourth-order valence-electron chi connectivity index (χ4n) is 1.10. The molecule has 0 radical (unpaired) electrons. The first-order chi connectivity index (χ1) is 6.37. The Bertz CT molecular complexity index is 136. The van der Waals surface area contributed by atoms with Gasteiger partial charge in [0.15, 0.2) is 0 Å². The molecule has 0 bridgehead atoms. The summed E-state index contributed by atoms with van der Waals surface area (Å²) in [5, 5.41) is 0. The summed E-state index contributed by atoms with van der Waals surface area (Å²) in [7, 11) is 0. The van der Waals surface area contributed by atoms with Crippen molar-refractivity contribution in [3.8, 4) is 0 Å². The van der Waals surface area contributed by atoms with Crippen LogP contribution in [0.4, 0.5) is 0 Å². The van der Waals surface area contributed by atoms with E-state index >= 15 is 0 Å². The third-order valence-electron chi connectivity index (χ3n) is 2.01. The average Bonchev–Trinajstić information content (AvgIpc) is 2.01. The van der Waals surface area contributed by atoms with E-state index < -0.39 is 0 Å². The predicted molar refractivity (Wildman–Crippen MR) is 60.1 cm³/mol. The number of hydrogen-bond acceptors (Lipinski definition) is 2. The Balaban J connectivity index is 3.85. The third kappa shape index (κ3) is 7.34. The van der Waals surface area contributed by atoms with Crippen LogP contribution in [0.5, 0.6) is 0 Å². The molecule has 0 aliphatic rings. The van der Waals surface area contributed by atoms with Gasteiger partial charge in [-0.15, -0.1) is 0 Å². The largest absolute Gasteiger partial charge is 0.233 e. The van der Waals surface area contributed by atoms with Crippen LogP contribution >= 0.6 is 0 Å². The van der Waals surface area contributed by atoms with Gasteiger partial charge < -0.3 is 0 Å². The van der Waals surface area contributed by atoms with Crippen molar-refractivity contribution in [3.63, 3.8) is 0 Å². The molecule has 0 N–H and O–H groups in total. The molecule has 0 saturated heterocycles. The Morgan fingerprint density at radius 2 is 1.71 bits per heavy atom. The van der Waals surface area contributed by atoms with E-state index in [1.807, 2.05) is 20.8 Å². The van der Waals surface area contributed by atoms with Gasteiger partial charge in [-0.3, -0.25) is 0 Å². The second-order valence-corrected chi connectivity index (χ2v) is 5.22. The van der Waals surface area contributed by atoms with E-state index in [-0.39, 0.29) is 11.7 Å². The van der Waals surface area contributed by atoms with Gasteiger partial charge in [-0.1, -0.05) is 33.6 Å². The molecule has 0 saturated carbocycles. The highest BCUT2D eigenvalue weighted by Gasteiger charge is 2.19. The van der Waals surface area contributed by atoms with Crippen LogP contribution in [-0.2, 0) is 9.78 Å². The predicted octanol–water partition coefficient (Wildman–Crippen LogP) is 3.95. The Labute approximate surface area is 88.9 Å². The fraction of sp³-hybridized carbons (Fsp3) is 1.00. The van der Waals surface area contributed by atoms with Gasteiger partial charge >= 0.3 is 0 Å². The maximum Gasteiger partial charge on any atom is 0.0953 e. The average molecular weight is 202 g/mol. The third-order valence-corrected chi connectivity index (χ3v) is 2.01. The van der Waals surface area contributed by atoms with Gasteiger partial charge in [-0.05, 0) is 33.1 Å². The van der Waals surface area contributed by atoms with Gasteiger partial charge in [0.1, 0.15) is 0 Å². The molecule has 1 atom stereocenters. The Morgan fingerprint density at radius 3 is 2.07 bits per heavy atom. The van der Waals surface area contributed by atoms with Gasteiger partial charge in [0.2, 0.25) is 0 Å². The lowest BCUT2D eigenvalue weighted by Crippen LogP contribution is -2.27. The standard InChI is InChI=1S/C12H26O2/c1-7-8-9-11(10(2)3)13-14-12(4,5)6/h10-11H,7-9H2,1-6H3. The van der Waals surface area contributed by atoms with Crippen molar-refractivity contribution < 1.29 is 9.78 Å². The van der Waals surface area contributed by atoms with Gasteiger partial charge in [0.25, 0.3) is 0 Å². The number of rotatable bonds is 6. The smallest absolute Gasteiger partial charge is 0.0953 e. The van der Waals surface area contributed by atoms with E-state index in [9.17, 15) is 0 Å². The van der Waals surface area contributed by atoms with E-state index in [1.165, 1.54) is 12.8 Å². The molecule has 14 heavy (non-hydrogen) atoms. The van der Waals surface area contributed by atoms with Crippen molar-refractivity contribution in [1.82, 2.24) is 0 Å². The molecular weight excluding hydrogens is 176 g/mol. The Kier molecular flexibility index (Phi) is 6.38. The molecule has 0 aromatic heterocycles. The Morgan fingerprint density at radius 1 is 1.14 bits per heavy atom. The van der Waals surface area contributed by atoms with Crippen molar-refractivity contribution in [3.05, 3.63) is 0 Å². The molecular formula is C12H26O2. The SMILES string of the molecule is CCCCC(OOC(C)(C)C)C(C)C. The second kappa shape index (κ2) is 6.41. The van der Waals surface area contributed by atoms with E-state index in [1.54, 1.807) is 0 Å². The summed E-state index contributed by atoms with van der Waals surface area (Å²) in [4.78, 5) is 10.8. The van der Waals surface area contributed by atoms with E-state index in [0.29, 0.717) is 5.92 Å². The van der Waals surface area contributed by atoms with Crippen LogP contribution in [-0.4, -0.2) is 11.7 Å². The molecule has 2 heteroatoms. The monoisotopic (exact) mass is 202 g/mol. The Hall–Kier alpha value is -0.0800. The first-order valence-electron chi connectivity index (χ1n) is 5.71. The molecule has 0 aliphatic carbocycles. The lowest BCUT2D eigenvalue weighted by Gasteiger charge is -2.25. The molecule has 1 unspecified atom stereocenters. The van der Waals surface area contributed by atoms with Crippen molar-refractivity contribution in [2.45, 2.75) is 72.5 Å². The topological polar surface area (TPSA) is 18.5 Å². The zero-order valence-electron chi connectivity index (χ0n) is 10.6. The van der Waals surface area contributed by atoms with Crippen LogP contribution in [0.2, 0.25) is 0 Å². The minimum Gasteiger partial charge on any atom is -0.233 e. The van der Waals surface area contributed by atoms with Gasteiger partial charge in [-0.2, -0.15) is 0 Å². The zero-order chi connectivity index (χ0) is 11.2. The first-order valence-corrected chi connectivity index (χ1v) is 5.71. The number of unbranched alkanes of at least 4 members (excludes halogenated alkanes) is 1. The quantitative estimate of drug-likeness (QED) is 0.479. The minimum atomic E-state index is -0.209. The van der Waals surface area contributed by atoms with E-state index in [2.05, 4.69) is 20.8 Å². The highest BCUT2D eigenvalue weighted by Crippen LogP contribution is 2.18. The summed E-state index contributed by atoms with van der Waals surface area (Å²) in [6.07, 6.45) is 3.73. The first kappa shape index (κ1) is 13.9. The lowest BCUT2D eigenvalue weighted by molar-refractivity contribution is -0.379. The molecule has 0 spiro atoms. The van der Waals surface area contributed by atoms with E-state index in [4.69, 9.17) is 9.78 Å². The van der Waals surface area contributed by atoms with Crippen molar-refractivity contribution >= 4 is 0 Å². The summed E-state index contributed by atoms with van der Waals surface area (Å²) in [6.45, 7) is 12.6. The van der Waals surface area contributed by atoms with Crippen molar-refractivity contribution in [2.75, 3.05) is 0 Å². The molecule has 0 heterocycles. The van der Waals surface area contributed by atoms with Crippen LogP contribution in [0.15, 0.2) is 0 Å². The molecule has 0 rings (SSSR count). The van der Waals surface area contributed by atoms with E-state index in [0.717, 1.165) is 6.42 Å². The van der Waals surface area contributed by atoms with Gasteiger partial charge in [-0.25, -0.2) is 9.78 Å². The number of hydrogen-bond donors (Lipinski definition) is 0. The van der Waals surface area contributed by atoms with Crippen molar-refractivity contribution in [1.29, 1.82) is 0 Å². The second-order valence-electron chi connectivity index (χ2n) is 5.22. The van der Waals surface area contributed by atoms with Crippen LogP contribution in [0.3, 0.4) is 0 Å². The molecule has 0 aromatic rings. The maximum atomic E-state index is 5.47. The lowest BCUT2D eigenvalue weighted by atomic mass is 10.0. The molecule has 0 aliphatic heterocycles. The fourth-order valence-corrected chi connectivity index (χ4v) is 1.10. The summed E-state index contributed by atoms with van der Waals surface area (Å²) < 4.78 is 0. The summed E-state index contributed by atoms with van der Waals surface area (Å²) in [6, 6.07) is 0. The molecule has 0 amide bonds. The van der Waals surface area contributed by atoms with Crippen LogP contribution < -0.4 is 0 Å². The molecule has 2 nitrogen and oxygen atoms in total. The van der Waals surface area contributed by atoms with Crippen LogP contribution in [0, 0.1) is 5.92 Å². The van der Waals surface area contributed by atoms with Gasteiger partial charge in [0.05, 0.1) is 11.7 Å².